The first-order valence-corrected chi connectivity index (χ1v) is 43.2. The SMILES string of the molecule is COc1ccc2c(c1)C(=O)N(C[C@@]1(C#Cc3ccc(N4CCC(=O)CC4)nc3)NC(=O)NC1=O)C2.COc1ccc2c(c1)C(=O)N(C[C@@]1(C#Cc3cnc(N)nc3N)CC(=O)NC1=O)C2.COc1ccc2c(c1)C(=O)N(C[C@@]1(C#Cc3cnc(N4CCC(=O)CC4)nc3N)CC(=O)NC1=O)C2.COc1ccc2c(c1)C(=O)N(C[C@@]1(C#Cc3cncc(-c4ccc(C(N)=O)cc4)c3)CC(=O)NC1=O)C2. The van der Waals surface area contributed by atoms with E-state index in [9.17, 15) is 71.9 Å². The Morgan fingerprint density at radius 1 is 0.406 bits per heavy atom. The van der Waals surface area contributed by atoms with Gasteiger partial charge in [0.25, 0.3) is 29.5 Å². The van der Waals surface area contributed by atoms with Gasteiger partial charge in [-0.15, -0.1) is 0 Å². The van der Waals surface area contributed by atoms with Crippen LogP contribution < -0.4 is 78.3 Å². The number of nitrogen functional groups attached to an aromatic ring is 3. The smallest absolute Gasteiger partial charge is 0.323 e. The fraction of sp³-hybridized carbons (Fsp3) is 0.276. The molecule has 0 aliphatic carbocycles. The Hall–Kier alpha value is -18.0. The van der Waals surface area contributed by atoms with Crippen molar-refractivity contribution in [2.24, 2.45) is 22.0 Å². The zero-order valence-corrected chi connectivity index (χ0v) is 74.7. The monoisotopic (exact) mass is 1860 g/mol. The third-order valence-electron chi connectivity index (χ3n) is 24.6. The van der Waals surface area contributed by atoms with E-state index in [2.05, 4.69) is 104 Å². The van der Waals surface area contributed by atoms with Crippen molar-refractivity contribution in [1.82, 2.24) is 76.1 Å². The lowest BCUT2D eigenvalue weighted by Gasteiger charge is -2.27. The molecule has 13 N–H and O–H groups in total. The Morgan fingerprint density at radius 3 is 1.20 bits per heavy atom. The van der Waals surface area contributed by atoms with E-state index < -0.39 is 75.1 Å². The molecular formula is C98H87N21O19. The van der Waals surface area contributed by atoms with E-state index in [0.717, 1.165) is 39.2 Å². The molecule has 9 aromatic rings. The predicted molar refractivity (Wildman–Crippen MR) is 491 cm³/mol. The van der Waals surface area contributed by atoms with Crippen molar-refractivity contribution in [1.29, 1.82) is 0 Å². The molecular weight excluding hydrogens is 1780 g/mol. The summed E-state index contributed by atoms with van der Waals surface area (Å²) in [6.07, 6.45) is 8.99. The molecule has 6 saturated heterocycles. The fourth-order valence-corrected chi connectivity index (χ4v) is 17.1. The molecule has 10 aliphatic rings. The van der Waals surface area contributed by atoms with Gasteiger partial charge in [-0.05, 0) is 107 Å². The summed E-state index contributed by atoms with van der Waals surface area (Å²) in [5, 5.41) is 11.7. The maximum atomic E-state index is 13.1. The van der Waals surface area contributed by atoms with Crippen molar-refractivity contribution in [3.05, 3.63) is 219 Å². The first-order chi connectivity index (χ1) is 66.2. The minimum Gasteiger partial charge on any atom is -0.497 e. The number of piperidine rings is 2. The zero-order chi connectivity index (χ0) is 97.6. The number of anilines is 5. The van der Waals surface area contributed by atoms with Crippen LogP contribution in [0.4, 0.5) is 34.1 Å². The highest BCUT2D eigenvalue weighted by Gasteiger charge is 2.53. The molecule has 14 heterocycles. The highest BCUT2D eigenvalue weighted by molar-refractivity contribution is 6.12. The summed E-state index contributed by atoms with van der Waals surface area (Å²) in [6, 6.07) is 32.4. The molecule has 10 aliphatic heterocycles. The van der Waals surface area contributed by atoms with E-state index in [-0.39, 0.29) is 104 Å². The largest absolute Gasteiger partial charge is 0.497 e. The molecule has 138 heavy (non-hydrogen) atoms. The molecule has 6 fully saturated rings. The van der Waals surface area contributed by atoms with Crippen LogP contribution >= 0.6 is 0 Å². The van der Waals surface area contributed by atoms with E-state index in [4.69, 9.17) is 41.9 Å². The van der Waals surface area contributed by atoms with E-state index in [1.807, 2.05) is 34.1 Å². The molecule has 698 valence electrons. The van der Waals surface area contributed by atoms with E-state index in [0.29, 0.717) is 151 Å². The molecule has 0 radical (unpaired) electrons. The number of rotatable bonds is 16. The molecule has 0 spiro atoms. The summed E-state index contributed by atoms with van der Waals surface area (Å²) in [7, 11) is 6.09. The van der Waals surface area contributed by atoms with Crippen molar-refractivity contribution in [2.75, 3.05) is 108 Å². The average Bonchev–Trinajstić information content (AvgIpc) is 1.63. The van der Waals surface area contributed by atoms with Gasteiger partial charge in [0.1, 0.15) is 68.3 Å². The minimum atomic E-state index is -1.59. The van der Waals surface area contributed by atoms with Crippen molar-refractivity contribution in [2.45, 2.75) is 76.7 Å². The summed E-state index contributed by atoms with van der Waals surface area (Å²) in [5.41, 5.74) is 25.7. The molecule has 5 aromatic carbocycles. The molecule has 0 bridgehead atoms. The number of aromatic nitrogens is 6. The zero-order valence-electron chi connectivity index (χ0n) is 74.7. The van der Waals surface area contributed by atoms with Crippen LogP contribution in [0.1, 0.15) is 141 Å². The van der Waals surface area contributed by atoms with Gasteiger partial charge in [-0.25, -0.2) is 19.7 Å². The number of benzene rings is 5. The van der Waals surface area contributed by atoms with Gasteiger partial charge in [0.2, 0.25) is 58.8 Å². The van der Waals surface area contributed by atoms with Gasteiger partial charge in [-0.2, -0.15) is 9.97 Å². The number of imide groups is 4. The lowest BCUT2D eigenvalue weighted by molar-refractivity contribution is -0.128. The number of hydrogen-bond acceptors (Lipinski definition) is 30. The number of ketones is 2. The second kappa shape index (κ2) is 38.7. The first-order valence-electron chi connectivity index (χ1n) is 43.2. The van der Waals surface area contributed by atoms with E-state index >= 15 is 0 Å². The number of primary amides is 1. The first kappa shape index (κ1) is 93.3. The van der Waals surface area contributed by atoms with Gasteiger partial charge in [-0.3, -0.25) is 93.4 Å². The number of carbonyl (C=O) groups is 15. The van der Waals surface area contributed by atoms with Crippen molar-refractivity contribution < 1.29 is 90.9 Å². The molecule has 40 nitrogen and oxygen atoms in total. The number of nitrogens with one attached hydrogen (secondary N) is 5. The molecule has 4 atom stereocenters. The van der Waals surface area contributed by atoms with Gasteiger partial charge in [-0.1, -0.05) is 83.8 Å². The number of fused-ring (bicyclic) bond motifs is 4. The van der Waals surface area contributed by atoms with Gasteiger partial charge < -0.3 is 76.6 Å². The summed E-state index contributed by atoms with van der Waals surface area (Å²) in [5.74, 6) is 22.1. The number of carbonyl (C=O) groups excluding carboxylic acids is 15. The van der Waals surface area contributed by atoms with Crippen molar-refractivity contribution in [3.63, 3.8) is 0 Å². The molecule has 14 amide bonds. The Balaban J connectivity index is 0.000000133. The van der Waals surface area contributed by atoms with E-state index in [1.54, 1.807) is 110 Å². The van der Waals surface area contributed by atoms with E-state index in [1.165, 1.54) is 60.4 Å². The van der Waals surface area contributed by atoms with Crippen LogP contribution in [-0.2, 0) is 69.3 Å². The number of Topliss-reactive ketones (excluding diaryl/α,β-unsaturated/α-hetero) is 2. The third-order valence-corrected chi connectivity index (χ3v) is 24.6. The highest BCUT2D eigenvalue weighted by atomic mass is 16.5. The maximum absolute atomic E-state index is 13.1. The summed E-state index contributed by atoms with van der Waals surface area (Å²) in [6.45, 7) is 3.24. The minimum absolute atomic E-state index is 0.00240. The van der Waals surface area contributed by atoms with Crippen molar-refractivity contribution in [3.8, 4) is 81.5 Å². The molecule has 40 heteroatoms. The van der Waals surface area contributed by atoms with Gasteiger partial charge in [0, 0.05) is 161 Å². The lowest BCUT2D eigenvalue weighted by atomic mass is 9.85. The van der Waals surface area contributed by atoms with Crippen molar-refractivity contribution >= 4 is 118 Å². The molecule has 0 saturated carbocycles. The van der Waals surface area contributed by atoms with Crippen LogP contribution in [0.15, 0.2) is 146 Å². The molecule has 0 unspecified atom stereocenters. The Labute approximate surface area is 787 Å². The van der Waals surface area contributed by atoms with Gasteiger partial charge in [0.15, 0.2) is 0 Å². The predicted octanol–water partition coefficient (Wildman–Crippen LogP) is 2.71. The van der Waals surface area contributed by atoms with Crippen LogP contribution in [0, 0.1) is 63.6 Å². The maximum Gasteiger partial charge on any atom is 0.323 e. The number of methoxy groups -OCH3 is 4. The topological polar surface area (TPSA) is 554 Å². The van der Waals surface area contributed by atoms with Crippen LogP contribution in [0.2, 0.25) is 0 Å². The highest BCUT2D eigenvalue weighted by Crippen LogP contribution is 2.40. The Bertz CT molecular complexity index is 6940. The third kappa shape index (κ3) is 19.8. The van der Waals surface area contributed by atoms with Gasteiger partial charge in [0.05, 0.1) is 77.8 Å². The number of urea groups is 1. The van der Waals surface area contributed by atoms with Crippen LogP contribution in [0.3, 0.4) is 0 Å². The molecule has 4 aromatic heterocycles. The Morgan fingerprint density at radius 2 is 0.819 bits per heavy atom. The number of hydrogen-bond donors (Lipinski definition) is 9. The lowest BCUT2D eigenvalue weighted by Crippen LogP contribution is -2.54. The number of ether oxygens (including phenoxy) is 4. The fourth-order valence-electron chi connectivity index (χ4n) is 17.1. The summed E-state index contributed by atoms with van der Waals surface area (Å²) < 4.78 is 20.8. The number of amides is 14. The standard InChI is InChI=1S/C28H22N4O5.C25H24N6O5.C25H23N5O5.C20H18N6O4/c1-37-22-7-6-20-15-32(26(35)23(20)11-22)16-28(12-24(33)31-27(28)36)9-8-17-10-21(14-30-13-17)18-2-4-19(5-3-18)25(29)34;1-36-18-3-2-16-13-31(22(34)19(16)10-18)14-25(11-20(33)28-23(25)35)7-4-15-12-27-24(29-21(15)26)30-8-5-17(32)6-9-30;1-35-19-4-3-17-14-30(22(32)20(17)12-19)15-25(23(33)27-24(34)28-25)9-6-16-2-5-21(26-13-16)29-10-7-18(31)8-11-29;1-30-13-3-2-12-9-26(17(28)14(12)6-13)10-20(7-15(27)24-18(20)29)5-4-11-8-23-19(22)25-16(11)21/h2-7,10-11,13-14H,12,15-16H2,1H3,(H2,29,34)(H,31,33,36);2-3,10,12H,5-6,8-9,11,13-14H2,1H3,(H2,26,27,29)(H,28,33,35);2-5,12-13H,7-8,10-11,14-15H2,1H3,(H2,27,28,33,34);2-3,6,8H,7,9-10H2,1H3,(H,24,27,29)(H4,21,22,23,25)/t28-;2*25-;20-/m1111/s1. The molecule has 19 rings (SSSR count). The van der Waals surface area contributed by atoms with Gasteiger partial charge >= 0.3 is 6.03 Å². The second-order valence-corrected chi connectivity index (χ2v) is 33.8. The second-order valence-electron chi connectivity index (χ2n) is 33.8. The van der Waals surface area contributed by atoms with Crippen LogP contribution in [0.25, 0.3) is 11.1 Å². The number of nitrogens with two attached hydrogens (primary N) is 4. The van der Waals surface area contributed by atoms with Crippen LogP contribution in [-0.4, -0.2) is 224 Å². The summed E-state index contributed by atoms with van der Waals surface area (Å²) in [4.78, 5) is 221. The average molecular weight is 1860 g/mol. The normalized spacial score (nSPS) is 20.1. The summed E-state index contributed by atoms with van der Waals surface area (Å²) >= 11 is 0. The Kier molecular flexibility index (Phi) is 26.2. The number of nitrogens with zero attached hydrogens (tertiary/aromatic N) is 12. The van der Waals surface area contributed by atoms with Crippen LogP contribution in [0.5, 0.6) is 23.0 Å². The number of pyridine rings is 2. The quantitative estimate of drug-likeness (QED) is 0.0381.